The zero-order valence-corrected chi connectivity index (χ0v) is 12.8. The molecule has 0 spiro atoms. The second-order valence-corrected chi connectivity index (χ2v) is 6.59. The monoisotopic (exact) mass is 323 g/mol. The lowest BCUT2D eigenvalue weighted by molar-refractivity contribution is 0.115. The highest BCUT2D eigenvalue weighted by Gasteiger charge is 2.35. The van der Waals surface area contributed by atoms with Crippen LogP contribution in [0.5, 0.6) is 0 Å². The number of fused-ring (bicyclic) bond motifs is 2. The molecule has 2 aliphatic heterocycles. The fraction of sp³-hybridized carbons (Fsp3) is 0.462. The number of rotatable bonds is 2. The van der Waals surface area contributed by atoms with Crippen LogP contribution in [0.2, 0.25) is 5.15 Å². The number of urea groups is 1. The summed E-state index contributed by atoms with van der Waals surface area (Å²) in [5.41, 5.74) is 0. The highest BCUT2D eigenvalue weighted by atomic mass is 35.5. The van der Waals surface area contributed by atoms with Gasteiger partial charge in [-0.05, 0) is 11.4 Å². The van der Waals surface area contributed by atoms with Gasteiger partial charge in [-0.1, -0.05) is 11.6 Å². The number of carbonyl (C=O) groups excluding carboxylic acids is 1. The maximum Gasteiger partial charge on any atom is 0.317 e. The summed E-state index contributed by atoms with van der Waals surface area (Å²) in [6.45, 7) is 3.84. The third kappa shape index (κ3) is 2.35. The summed E-state index contributed by atoms with van der Waals surface area (Å²) in [7, 11) is 0. The number of halogens is 1. The Balaban J connectivity index is 1.51. The van der Waals surface area contributed by atoms with Crippen LogP contribution in [0.15, 0.2) is 11.4 Å². The summed E-state index contributed by atoms with van der Waals surface area (Å²) in [4.78, 5) is 25.7. The first kappa shape index (κ1) is 13.2. The zero-order chi connectivity index (χ0) is 14.4. The SMILES string of the molecule is O=C1NCC2CN(Cc3nc(Cl)c4ccsc4n3)CCN12. The fourth-order valence-electron chi connectivity index (χ4n) is 2.94. The van der Waals surface area contributed by atoms with E-state index in [4.69, 9.17) is 11.6 Å². The molecule has 2 amide bonds. The van der Waals surface area contributed by atoms with Crippen molar-refractivity contribution < 1.29 is 4.79 Å². The van der Waals surface area contributed by atoms with Crippen LogP contribution in [-0.4, -0.2) is 58.0 Å². The van der Waals surface area contributed by atoms with Gasteiger partial charge in [0.2, 0.25) is 0 Å². The van der Waals surface area contributed by atoms with Gasteiger partial charge in [0.25, 0.3) is 0 Å². The number of nitrogens with zero attached hydrogens (tertiary/aromatic N) is 4. The minimum Gasteiger partial charge on any atom is -0.336 e. The van der Waals surface area contributed by atoms with Gasteiger partial charge < -0.3 is 10.2 Å². The minimum absolute atomic E-state index is 0.0546. The molecule has 110 valence electrons. The average molecular weight is 324 g/mol. The van der Waals surface area contributed by atoms with Crippen LogP contribution in [0.3, 0.4) is 0 Å². The number of piperazine rings is 1. The lowest BCUT2D eigenvalue weighted by Gasteiger charge is -2.35. The second-order valence-electron chi connectivity index (χ2n) is 5.34. The highest BCUT2D eigenvalue weighted by Crippen LogP contribution is 2.25. The van der Waals surface area contributed by atoms with E-state index in [0.717, 1.165) is 42.2 Å². The molecule has 1 N–H and O–H groups in total. The molecule has 0 saturated carbocycles. The van der Waals surface area contributed by atoms with E-state index in [9.17, 15) is 4.79 Å². The van der Waals surface area contributed by atoms with Crippen molar-refractivity contribution in [3.8, 4) is 0 Å². The molecule has 2 aromatic rings. The van der Waals surface area contributed by atoms with E-state index in [1.807, 2.05) is 16.3 Å². The number of nitrogens with one attached hydrogen (secondary N) is 1. The molecular weight excluding hydrogens is 310 g/mol. The number of thiophene rings is 1. The van der Waals surface area contributed by atoms with Crippen LogP contribution in [0.1, 0.15) is 5.82 Å². The number of aromatic nitrogens is 2. The van der Waals surface area contributed by atoms with Crippen molar-refractivity contribution in [2.24, 2.45) is 0 Å². The number of amides is 2. The molecule has 8 heteroatoms. The quantitative estimate of drug-likeness (QED) is 0.852. The van der Waals surface area contributed by atoms with E-state index in [1.165, 1.54) is 0 Å². The van der Waals surface area contributed by atoms with Crippen LogP contribution in [0, 0.1) is 0 Å². The van der Waals surface area contributed by atoms with Gasteiger partial charge in [0.05, 0.1) is 12.6 Å². The first-order valence-corrected chi connectivity index (χ1v) is 8.13. The van der Waals surface area contributed by atoms with Gasteiger partial charge in [-0.2, -0.15) is 0 Å². The molecule has 4 heterocycles. The number of hydrogen-bond donors (Lipinski definition) is 1. The Labute approximate surface area is 130 Å². The summed E-state index contributed by atoms with van der Waals surface area (Å²) in [5.74, 6) is 0.751. The van der Waals surface area contributed by atoms with Crippen molar-refractivity contribution in [1.82, 2.24) is 25.1 Å². The topological polar surface area (TPSA) is 61.4 Å². The smallest absolute Gasteiger partial charge is 0.317 e. The van der Waals surface area contributed by atoms with Gasteiger partial charge in [0.1, 0.15) is 15.8 Å². The normalized spacial score (nSPS) is 22.6. The van der Waals surface area contributed by atoms with E-state index in [2.05, 4.69) is 20.2 Å². The van der Waals surface area contributed by atoms with Crippen LogP contribution in [0.4, 0.5) is 4.79 Å². The molecule has 0 bridgehead atoms. The summed E-state index contributed by atoms with van der Waals surface area (Å²) < 4.78 is 0. The Morgan fingerprint density at radius 1 is 1.43 bits per heavy atom. The molecular formula is C13H14ClN5OS. The van der Waals surface area contributed by atoms with Crippen molar-refractivity contribution in [2.75, 3.05) is 26.2 Å². The summed E-state index contributed by atoms with van der Waals surface area (Å²) in [5, 5.41) is 6.30. The third-order valence-corrected chi connectivity index (χ3v) is 5.10. The molecule has 4 rings (SSSR count). The average Bonchev–Trinajstić information content (AvgIpc) is 3.06. The molecule has 0 aliphatic carbocycles. The fourth-order valence-corrected chi connectivity index (χ4v) is 4.03. The van der Waals surface area contributed by atoms with Crippen LogP contribution < -0.4 is 5.32 Å². The minimum atomic E-state index is 0.0546. The lowest BCUT2D eigenvalue weighted by atomic mass is 10.2. The maximum atomic E-state index is 11.6. The van der Waals surface area contributed by atoms with Crippen LogP contribution in [-0.2, 0) is 6.54 Å². The molecule has 0 radical (unpaired) electrons. The van der Waals surface area contributed by atoms with Crippen molar-refractivity contribution in [2.45, 2.75) is 12.6 Å². The molecule has 2 saturated heterocycles. The Morgan fingerprint density at radius 2 is 2.33 bits per heavy atom. The molecule has 1 unspecified atom stereocenters. The van der Waals surface area contributed by atoms with Crippen molar-refractivity contribution in [3.63, 3.8) is 0 Å². The van der Waals surface area contributed by atoms with E-state index in [1.54, 1.807) is 11.3 Å². The summed E-state index contributed by atoms with van der Waals surface area (Å²) in [6, 6.07) is 2.26. The molecule has 2 aromatic heterocycles. The van der Waals surface area contributed by atoms with Gasteiger partial charge in [-0.25, -0.2) is 14.8 Å². The predicted molar refractivity (Wildman–Crippen MR) is 81.6 cm³/mol. The molecule has 2 fully saturated rings. The number of carbonyl (C=O) groups is 1. The largest absolute Gasteiger partial charge is 0.336 e. The summed E-state index contributed by atoms with van der Waals surface area (Å²) >= 11 is 7.78. The third-order valence-electron chi connectivity index (χ3n) is 4.01. The van der Waals surface area contributed by atoms with Crippen molar-refractivity contribution in [1.29, 1.82) is 0 Å². The lowest BCUT2D eigenvalue weighted by Crippen LogP contribution is -2.51. The first-order valence-electron chi connectivity index (χ1n) is 6.87. The molecule has 21 heavy (non-hydrogen) atoms. The van der Waals surface area contributed by atoms with Gasteiger partial charge in [-0.15, -0.1) is 11.3 Å². The standard InChI is InChI=1S/C13H14ClN5OS/c14-11-9-1-4-21-12(9)17-10(16-11)7-18-2-3-19-8(6-18)5-15-13(19)20/h1,4,8H,2-3,5-7H2,(H,15,20). The maximum absolute atomic E-state index is 11.6. The van der Waals surface area contributed by atoms with E-state index in [0.29, 0.717) is 11.7 Å². The Kier molecular flexibility index (Phi) is 3.20. The van der Waals surface area contributed by atoms with Gasteiger partial charge >= 0.3 is 6.03 Å². The Morgan fingerprint density at radius 3 is 3.24 bits per heavy atom. The molecule has 0 aromatic carbocycles. The zero-order valence-electron chi connectivity index (χ0n) is 11.3. The van der Waals surface area contributed by atoms with E-state index in [-0.39, 0.29) is 12.1 Å². The van der Waals surface area contributed by atoms with E-state index >= 15 is 0 Å². The molecule has 6 nitrogen and oxygen atoms in total. The second kappa shape index (κ2) is 5.08. The molecule has 1 atom stereocenters. The van der Waals surface area contributed by atoms with Gasteiger partial charge in [0, 0.05) is 31.6 Å². The predicted octanol–water partition coefficient (Wildman–Crippen LogP) is 1.55. The van der Waals surface area contributed by atoms with Crippen LogP contribution in [0.25, 0.3) is 10.2 Å². The van der Waals surface area contributed by atoms with E-state index < -0.39 is 0 Å². The van der Waals surface area contributed by atoms with Crippen LogP contribution >= 0.6 is 22.9 Å². The highest BCUT2D eigenvalue weighted by molar-refractivity contribution is 7.16. The van der Waals surface area contributed by atoms with Crippen molar-refractivity contribution in [3.05, 3.63) is 22.4 Å². The van der Waals surface area contributed by atoms with Crippen molar-refractivity contribution >= 4 is 39.2 Å². The first-order chi connectivity index (χ1) is 10.2. The van der Waals surface area contributed by atoms with Gasteiger partial charge in [-0.3, -0.25) is 4.90 Å². The number of hydrogen-bond acceptors (Lipinski definition) is 5. The molecule has 2 aliphatic rings. The Hall–Kier alpha value is -1.44. The Bertz CT molecular complexity index is 705. The van der Waals surface area contributed by atoms with Gasteiger partial charge in [0.15, 0.2) is 0 Å². The summed E-state index contributed by atoms with van der Waals surface area (Å²) in [6.07, 6.45) is 0.